The second-order valence-electron chi connectivity index (χ2n) is 14.8. The summed E-state index contributed by atoms with van der Waals surface area (Å²) in [7, 11) is -4.22. The van der Waals surface area contributed by atoms with E-state index in [1.165, 1.54) is 21.8 Å². The van der Waals surface area contributed by atoms with Gasteiger partial charge < -0.3 is 25.8 Å². The number of carbonyl (C=O) groups is 4. The predicted octanol–water partition coefficient (Wildman–Crippen LogP) is 1.84. The first-order chi connectivity index (χ1) is 24.7. The number of aromatic nitrogens is 3. The monoisotopic (exact) mass is 737 g/mol. The van der Waals surface area contributed by atoms with Gasteiger partial charge in [0.05, 0.1) is 22.8 Å². The van der Waals surface area contributed by atoms with E-state index in [2.05, 4.69) is 20.4 Å². The lowest BCUT2D eigenvalue weighted by atomic mass is 9.84. The van der Waals surface area contributed by atoms with Crippen LogP contribution in [0.1, 0.15) is 83.4 Å². The van der Waals surface area contributed by atoms with E-state index in [1.54, 1.807) is 26.0 Å². The number of ketones is 1. The van der Waals surface area contributed by atoms with Crippen molar-refractivity contribution in [3.05, 3.63) is 54.4 Å². The molecule has 2 saturated heterocycles. The number of nitrogens with two attached hydrogens (primary N) is 1. The van der Waals surface area contributed by atoms with E-state index in [-0.39, 0.29) is 56.3 Å². The smallest absolute Gasteiger partial charge is 0.287 e. The molecular formula is C36H47N7O8S. The Morgan fingerprint density at radius 3 is 2.42 bits per heavy atom. The summed E-state index contributed by atoms with van der Waals surface area (Å²) in [5, 5.41) is 23.4. The van der Waals surface area contributed by atoms with Gasteiger partial charge in [0.2, 0.25) is 27.6 Å². The maximum absolute atomic E-state index is 14.8. The maximum Gasteiger partial charge on any atom is 0.287 e. The van der Waals surface area contributed by atoms with Crippen LogP contribution in [0, 0.1) is 5.92 Å². The van der Waals surface area contributed by atoms with Gasteiger partial charge in [0.25, 0.3) is 5.91 Å². The van der Waals surface area contributed by atoms with Gasteiger partial charge in [0.15, 0.2) is 0 Å². The first-order valence-corrected chi connectivity index (χ1v) is 19.4. The van der Waals surface area contributed by atoms with Crippen LogP contribution in [0.25, 0.3) is 10.8 Å². The Morgan fingerprint density at radius 2 is 1.75 bits per heavy atom. The third-order valence-electron chi connectivity index (χ3n) is 10.7. The minimum absolute atomic E-state index is 0.00472. The number of primary amides is 1. The van der Waals surface area contributed by atoms with E-state index in [0.29, 0.717) is 5.69 Å². The molecule has 52 heavy (non-hydrogen) atoms. The van der Waals surface area contributed by atoms with Gasteiger partial charge >= 0.3 is 0 Å². The Balaban J connectivity index is 1.36. The van der Waals surface area contributed by atoms with Crippen LogP contribution >= 0.6 is 0 Å². The third kappa shape index (κ3) is 7.89. The van der Waals surface area contributed by atoms with Crippen LogP contribution in [-0.2, 0) is 39.5 Å². The number of ether oxygens (including phenoxy) is 1. The van der Waals surface area contributed by atoms with Gasteiger partial charge in [-0.25, -0.2) is 13.1 Å². The van der Waals surface area contributed by atoms with Crippen LogP contribution in [0.3, 0.4) is 0 Å². The minimum atomic E-state index is -4.22. The Bertz CT molecular complexity index is 1930. The zero-order valence-corrected chi connectivity index (χ0v) is 30.3. The standard InChI is InChI=1S/C36H47N7O8S/c1-35(2,48)30-21-38-41-43(30)26-20-29(33(46)39-36(31(44)32(37)45)14-16-51-17-15-36)42(22-26)34(47)28(18-23-8-4-3-5-9-23)40-52(49,50)27-13-12-24-10-6-7-11-25(24)19-27/h6-7,10-13,19,21,23,26,28-29,40,48H,3-5,8-9,14-18,20,22H2,1-2H3,(H2,37,45)(H,39,46)/t26-,28?,29-/m0/s1. The molecule has 3 atom stereocenters. The van der Waals surface area contributed by atoms with Crippen molar-refractivity contribution < 1.29 is 37.4 Å². The number of amides is 3. The molecule has 1 saturated carbocycles. The van der Waals surface area contributed by atoms with Crippen LogP contribution in [0.4, 0.5) is 0 Å². The molecule has 0 bridgehead atoms. The summed E-state index contributed by atoms with van der Waals surface area (Å²) in [4.78, 5) is 55.7. The molecule has 16 heteroatoms. The Hall–Kier alpha value is -4.25. The van der Waals surface area contributed by atoms with Gasteiger partial charge in [-0.15, -0.1) is 5.10 Å². The number of aliphatic hydroxyl groups is 1. The predicted molar refractivity (Wildman–Crippen MR) is 189 cm³/mol. The number of nitrogens with zero attached hydrogens (tertiary/aromatic N) is 4. The SMILES string of the molecule is CC(C)(O)c1cnnn1[C@H]1C[C@@H](C(=O)NC2(C(=O)C(N)=O)CCOCC2)N(C(=O)C(CC2CCCCC2)NS(=O)(=O)c2ccc3ccccc3c2)C1. The third-order valence-corrected chi connectivity index (χ3v) is 12.2. The fourth-order valence-corrected chi connectivity index (χ4v) is 9.10. The number of benzene rings is 2. The van der Waals surface area contributed by atoms with Crippen molar-refractivity contribution in [3.63, 3.8) is 0 Å². The molecule has 0 spiro atoms. The highest BCUT2D eigenvalue weighted by molar-refractivity contribution is 7.89. The van der Waals surface area contributed by atoms with Crippen molar-refractivity contribution in [2.75, 3.05) is 19.8 Å². The van der Waals surface area contributed by atoms with Gasteiger partial charge in [-0.2, -0.15) is 4.72 Å². The molecule has 0 radical (unpaired) electrons. The molecule has 6 rings (SSSR count). The number of fused-ring (bicyclic) bond motifs is 1. The zero-order chi connectivity index (χ0) is 37.3. The summed E-state index contributed by atoms with van der Waals surface area (Å²) in [5.74, 6) is -3.40. The lowest BCUT2D eigenvalue weighted by Gasteiger charge is -2.37. The van der Waals surface area contributed by atoms with Crippen LogP contribution in [0.2, 0.25) is 0 Å². The molecule has 280 valence electrons. The molecule has 3 fully saturated rings. The Labute approximate surface area is 302 Å². The van der Waals surface area contributed by atoms with E-state index in [4.69, 9.17) is 10.5 Å². The number of hydrogen-bond donors (Lipinski definition) is 4. The highest BCUT2D eigenvalue weighted by atomic mass is 32.2. The van der Waals surface area contributed by atoms with Crippen molar-refractivity contribution in [3.8, 4) is 0 Å². The van der Waals surface area contributed by atoms with Crippen molar-refractivity contribution in [2.45, 2.75) is 106 Å². The number of likely N-dealkylation sites (tertiary alicyclic amines) is 1. The normalized spacial score (nSPS) is 21.9. The highest BCUT2D eigenvalue weighted by Crippen LogP contribution is 2.35. The molecule has 2 aliphatic heterocycles. The van der Waals surface area contributed by atoms with Gasteiger partial charge in [0.1, 0.15) is 23.2 Å². The van der Waals surface area contributed by atoms with E-state index in [1.807, 2.05) is 24.3 Å². The van der Waals surface area contributed by atoms with Crippen LogP contribution in [-0.4, -0.2) is 94.3 Å². The van der Waals surface area contributed by atoms with Gasteiger partial charge in [-0.1, -0.05) is 67.6 Å². The Morgan fingerprint density at radius 1 is 1.06 bits per heavy atom. The van der Waals surface area contributed by atoms with E-state index >= 15 is 0 Å². The largest absolute Gasteiger partial charge is 0.384 e. The molecule has 3 aliphatic rings. The summed E-state index contributed by atoms with van der Waals surface area (Å²) in [6, 6.07) is 9.08. The van der Waals surface area contributed by atoms with Crippen LogP contribution in [0.5, 0.6) is 0 Å². The first-order valence-electron chi connectivity index (χ1n) is 17.9. The van der Waals surface area contributed by atoms with Gasteiger partial charge in [-0.05, 0) is 49.1 Å². The van der Waals surface area contributed by atoms with Crippen LogP contribution < -0.4 is 15.8 Å². The Kier molecular flexibility index (Phi) is 10.8. The lowest BCUT2D eigenvalue weighted by Crippen LogP contribution is -2.64. The molecule has 3 aromatic rings. The number of hydrogen-bond acceptors (Lipinski definition) is 10. The fraction of sp³-hybridized carbons (Fsp3) is 0.556. The van der Waals surface area contributed by atoms with Gasteiger partial charge in [0, 0.05) is 39.0 Å². The molecule has 3 amide bonds. The number of sulfonamides is 1. The average Bonchev–Trinajstić information content (AvgIpc) is 3.80. The molecule has 1 aromatic heterocycles. The molecule has 2 aromatic carbocycles. The summed E-state index contributed by atoms with van der Waals surface area (Å²) >= 11 is 0. The number of Topliss-reactive ketones (excluding diaryl/α,β-unsaturated/α-hetero) is 1. The minimum Gasteiger partial charge on any atom is -0.384 e. The van der Waals surface area contributed by atoms with Crippen molar-refractivity contribution >= 4 is 44.3 Å². The summed E-state index contributed by atoms with van der Waals surface area (Å²) in [5.41, 5.74) is 2.78. The number of nitrogens with one attached hydrogen (secondary N) is 2. The topological polar surface area (TPSA) is 216 Å². The zero-order valence-electron chi connectivity index (χ0n) is 29.5. The highest BCUT2D eigenvalue weighted by Gasteiger charge is 2.49. The van der Waals surface area contributed by atoms with E-state index < -0.39 is 62.8 Å². The molecule has 1 unspecified atom stereocenters. The van der Waals surface area contributed by atoms with Crippen molar-refractivity contribution in [1.29, 1.82) is 0 Å². The van der Waals surface area contributed by atoms with E-state index in [9.17, 15) is 32.7 Å². The maximum atomic E-state index is 14.8. The second kappa shape index (κ2) is 15.0. The van der Waals surface area contributed by atoms with Crippen molar-refractivity contribution in [2.24, 2.45) is 11.7 Å². The van der Waals surface area contributed by atoms with Crippen LogP contribution in [0.15, 0.2) is 53.6 Å². The molecular weight excluding hydrogens is 691 g/mol. The lowest BCUT2D eigenvalue weighted by molar-refractivity contribution is -0.147. The number of carbonyl (C=O) groups excluding carboxylic acids is 4. The molecule has 3 heterocycles. The first kappa shape index (κ1) is 37.5. The van der Waals surface area contributed by atoms with Gasteiger partial charge in [-0.3, -0.25) is 19.2 Å². The quantitative estimate of drug-likeness (QED) is 0.198. The summed E-state index contributed by atoms with van der Waals surface area (Å²) in [6.45, 7) is 3.27. The summed E-state index contributed by atoms with van der Waals surface area (Å²) < 4.78 is 37.6. The molecule has 1 aliphatic carbocycles. The molecule has 15 nitrogen and oxygen atoms in total. The average molecular weight is 738 g/mol. The van der Waals surface area contributed by atoms with Crippen molar-refractivity contribution in [1.82, 2.24) is 29.9 Å². The van der Waals surface area contributed by atoms with E-state index in [0.717, 1.165) is 42.9 Å². The fourth-order valence-electron chi connectivity index (χ4n) is 7.86. The summed E-state index contributed by atoms with van der Waals surface area (Å²) in [6.07, 6.45) is 6.31. The molecule has 5 N–H and O–H groups in total. The number of rotatable bonds is 12. The second-order valence-corrected chi connectivity index (χ2v) is 16.5.